The maximum atomic E-state index is 5.97. The highest BCUT2D eigenvalue weighted by Gasteiger charge is 2.22. The van der Waals surface area contributed by atoms with Gasteiger partial charge in [0.15, 0.2) is 0 Å². The summed E-state index contributed by atoms with van der Waals surface area (Å²) in [7, 11) is 0. The second-order valence-corrected chi connectivity index (χ2v) is 6.36. The van der Waals surface area contributed by atoms with Crippen molar-refractivity contribution in [3.63, 3.8) is 0 Å². The van der Waals surface area contributed by atoms with Crippen LogP contribution >= 0.6 is 11.6 Å². The summed E-state index contributed by atoms with van der Waals surface area (Å²) in [4.78, 5) is 0. The number of alkyl halides is 1. The predicted molar refractivity (Wildman–Crippen MR) is 90.9 cm³/mol. The second kappa shape index (κ2) is 5.35. The molecule has 0 atom stereocenters. The van der Waals surface area contributed by atoms with Crippen molar-refractivity contribution in [1.82, 2.24) is 0 Å². The summed E-state index contributed by atoms with van der Waals surface area (Å²) in [6, 6.07) is 13.5. The summed E-state index contributed by atoms with van der Waals surface area (Å²) in [6.07, 6.45) is 8.08. The maximum Gasteiger partial charge on any atom is 0.0264 e. The Bertz CT molecular complexity index is 725. The molecule has 2 aliphatic carbocycles. The average molecular weight is 295 g/mol. The largest absolute Gasteiger partial charge is 0.126 e. The fraction of sp³-hybridized carbons (Fsp3) is 0.300. The maximum absolute atomic E-state index is 5.97. The third-order valence-electron chi connectivity index (χ3n) is 4.88. The Hall–Kier alpha value is -1.53. The minimum absolute atomic E-state index is 0.713. The monoisotopic (exact) mass is 294 g/mol. The lowest BCUT2D eigenvalue weighted by Gasteiger charge is -2.27. The molecule has 0 saturated carbocycles. The van der Waals surface area contributed by atoms with E-state index in [1.54, 1.807) is 11.1 Å². The molecule has 21 heavy (non-hydrogen) atoms. The van der Waals surface area contributed by atoms with Crippen LogP contribution in [-0.2, 0) is 19.3 Å². The van der Waals surface area contributed by atoms with Gasteiger partial charge in [-0.2, -0.15) is 0 Å². The van der Waals surface area contributed by atoms with Crippen LogP contribution in [0.3, 0.4) is 0 Å². The molecule has 1 heteroatoms. The number of aryl methyl sites for hydroxylation is 1. The van der Waals surface area contributed by atoms with Crippen LogP contribution in [0.25, 0.3) is 16.7 Å². The van der Waals surface area contributed by atoms with E-state index in [-0.39, 0.29) is 0 Å². The van der Waals surface area contributed by atoms with E-state index in [4.69, 9.17) is 11.6 Å². The predicted octanol–water partition coefficient (Wildman–Crippen LogP) is 5.41. The third-order valence-corrected chi connectivity index (χ3v) is 5.07. The molecule has 2 aromatic carbocycles. The molecule has 2 aliphatic rings. The zero-order valence-electron chi connectivity index (χ0n) is 12.2. The number of hydrogen-bond acceptors (Lipinski definition) is 0. The van der Waals surface area contributed by atoms with Crippen LogP contribution in [0.5, 0.6) is 0 Å². The van der Waals surface area contributed by atoms with E-state index in [2.05, 4.69) is 42.5 Å². The Morgan fingerprint density at radius 1 is 0.810 bits per heavy atom. The first-order valence-corrected chi connectivity index (χ1v) is 8.40. The third kappa shape index (κ3) is 2.13. The minimum atomic E-state index is 0.713. The normalized spacial score (nSPS) is 15.8. The van der Waals surface area contributed by atoms with E-state index in [1.165, 1.54) is 47.1 Å². The lowest BCUT2D eigenvalue weighted by Crippen LogP contribution is -2.11. The van der Waals surface area contributed by atoms with Gasteiger partial charge in [-0.1, -0.05) is 42.5 Å². The number of allylic oxidation sites excluding steroid dienone is 2. The van der Waals surface area contributed by atoms with Crippen molar-refractivity contribution >= 4 is 17.2 Å². The second-order valence-electron chi connectivity index (χ2n) is 5.98. The summed E-state index contributed by atoms with van der Waals surface area (Å²) in [5.74, 6) is 0.713. The molecule has 0 nitrogen and oxygen atoms in total. The first-order chi connectivity index (χ1) is 10.4. The van der Waals surface area contributed by atoms with Crippen molar-refractivity contribution in [2.75, 3.05) is 5.88 Å². The molecule has 0 unspecified atom stereocenters. The SMILES string of the molecule is ClCCC1=CCCc2c1ccc1c2CCc2ccccc2-1. The highest BCUT2D eigenvalue weighted by Crippen LogP contribution is 2.40. The van der Waals surface area contributed by atoms with E-state index in [0.29, 0.717) is 5.88 Å². The van der Waals surface area contributed by atoms with Crippen LogP contribution < -0.4 is 0 Å². The van der Waals surface area contributed by atoms with Gasteiger partial charge in [0, 0.05) is 5.88 Å². The van der Waals surface area contributed by atoms with Crippen LogP contribution in [0.4, 0.5) is 0 Å². The van der Waals surface area contributed by atoms with E-state index < -0.39 is 0 Å². The van der Waals surface area contributed by atoms with Crippen LogP contribution in [-0.4, -0.2) is 5.88 Å². The van der Waals surface area contributed by atoms with Crippen molar-refractivity contribution in [2.45, 2.75) is 32.1 Å². The lowest BCUT2D eigenvalue weighted by atomic mass is 9.78. The zero-order chi connectivity index (χ0) is 14.2. The molecule has 0 spiro atoms. The molecule has 0 heterocycles. The van der Waals surface area contributed by atoms with Gasteiger partial charge in [0.1, 0.15) is 0 Å². The quantitative estimate of drug-likeness (QED) is 0.650. The summed E-state index contributed by atoms with van der Waals surface area (Å²) in [6.45, 7) is 0. The molecule has 4 rings (SSSR count). The topological polar surface area (TPSA) is 0 Å². The molecule has 0 aliphatic heterocycles. The van der Waals surface area contributed by atoms with Crippen LogP contribution in [0, 0.1) is 0 Å². The standard InChI is InChI=1S/C20H19Cl/c21-13-12-15-5-3-7-18-17(15)10-11-19-16-6-2-1-4-14(16)8-9-20(18)19/h1-2,4-6,10-11H,3,7-9,12-13H2. The number of halogens is 1. The van der Waals surface area contributed by atoms with E-state index >= 15 is 0 Å². The smallest absolute Gasteiger partial charge is 0.0264 e. The first kappa shape index (κ1) is 13.2. The average Bonchev–Trinajstić information content (AvgIpc) is 2.55. The van der Waals surface area contributed by atoms with Gasteiger partial charge in [0.2, 0.25) is 0 Å². The van der Waals surface area contributed by atoms with Crippen molar-refractivity contribution in [1.29, 1.82) is 0 Å². The Balaban J connectivity index is 1.88. The Morgan fingerprint density at radius 3 is 2.52 bits per heavy atom. The highest BCUT2D eigenvalue weighted by molar-refractivity contribution is 6.18. The molecule has 0 fully saturated rings. The molecule has 0 aromatic heterocycles. The lowest BCUT2D eigenvalue weighted by molar-refractivity contribution is 0.880. The van der Waals surface area contributed by atoms with Crippen LogP contribution in [0.2, 0.25) is 0 Å². The Labute approximate surface area is 131 Å². The van der Waals surface area contributed by atoms with E-state index in [1.807, 2.05) is 0 Å². The summed E-state index contributed by atoms with van der Waals surface area (Å²) in [5.41, 5.74) is 10.5. The summed E-state index contributed by atoms with van der Waals surface area (Å²) in [5, 5.41) is 0. The molecular weight excluding hydrogens is 276 g/mol. The fourth-order valence-corrected chi connectivity index (χ4v) is 4.12. The number of hydrogen-bond donors (Lipinski definition) is 0. The Kier molecular flexibility index (Phi) is 3.35. The summed E-state index contributed by atoms with van der Waals surface area (Å²) >= 11 is 5.97. The van der Waals surface area contributed by atoms with Gasteiger partial charge in [0.05, 0.1) is 0 Å². The van der Waals surface area contributed by atoms with Gasteiger partial charge < -0.3 is 0 Å². The molecule has 0 N–H and O–H groups in total. The molecule has 2 aromatic rings. The zero-order valence-corrected chi connectivity index (χ0v) is 12.9. The van der Waals surface area contributed by atoms with Crippen molar-refractivity contribution in [3.05, 3.63) is 64.7 Å². The molecule has 0 bridgehead atoms. The molecule has 0 radical (unpaired) electrons. The molecule has 106 valence electrons. The fourth-order valence-electron chi connectivity index (χ4n) is 3.92. The van der Waals surface area contributed by atoms with Gasteiger partial charge >= 0.3 is 0 Å². The Morgan fingerprint density at radius 2 is 1.62 bits per heavy atom. The summed E-state index contributed by atoms with van der Waals surface area (Å²) < 4.78 is 0. The number of rotatable bonds is 2. The van der Waals surface area contributed by atoms with E-state index in [0.717, 1.165) is 12.8 Å². The minimum Gasteiger partial charge on any atom is -0.126 e. The van der Waals surface area contributed by atoms with Crippen molar-refractivity contribution in [2.24, 2.45) is 0 Å². The van der Waals surface area contributed by atoms with Gasteiger partial charge in [-0.25, -0.2) is 0 Å². The van der Waals surface area contributed by atoms with E-state index in [9.17, 15) is 0 Å². The van der Waals surface area contributed by atoms with Crippen molar-refractivity contribution in [3.8, 4) is 11.1 Å². The highest BCUT2D eigenvalue weighted by atomic mass is 35.5. The molecular formula is C20H19Cl. The van der Waals surface area contributed by atoms with Crippen molar-refractivity contribution < 1.29 is 0 Å². The van der Waals surface area contributed by atoms with Gasteiger partial charge in [-0.3, -0.25) is 0 Å². The van der Waals surface area contributed by atoms with Crippen LogP contribution in [0.15, 0.2) is 42.5 Å². The van der Waals surface area contributed by atoms with Gasteiger partial charge in [-0.05, 0) is 71.1 Å². The molecule has 0 amide bonds. The number of benzene rings is 2. The van der Waals surface area contributed by atoms with Gasteiger partial charge in [0.25, 0.3) is 0 Å². The first-order valence-electron chi connectivity index (χ1n) is 7.87. The molecule has 0 saturated heterocycles. The number of fused-ring (bicyclic) bond motifs is 5. The van der Waals surface area contributed by atoms with Crippen LogP contribution in [0.1, 0.15) is 35.1 Å². The van der Waals surface area contributed by atoms with Gasteiger partial charge in [-0.15, -0.1) is 11.6 Å².